The minimum atomic E-state index is -0.250. The van der Waals surface area contributed by atoms with Crippen molar-refractivity contribution in [1.29, 1.82) is 0 Å². The fraction of sp³-hybridized carbons (Fsp3) is 0.529. The smallest absolute Gasteiger partial charge is 0.234 e. The average molecular weight is 363 g/mol. The molecule has 0 fully saturated rings. The second kappa shape index (κ2) is 7.45. The minimum Gasteiger partial charge on any atom is -0.350 e. The number of nitrogens with zero attached hydrogens (tertiary/aromatic N) is 5. The van der Waals surface area contributed by atoms with E-state index >= 15 is 0 Å². The van der Waals surface area contributed by atoms with Gasteiger partial charge in [-0.3, -0.25) is 9.69 Å². The Morgan fingerprint density at radius 1 is 1.20 bits per heavy atom. The van der Waals surface area contributed by atoms with Gasteiger partial charge in [0, 0.05) is 5.54 Å². The summed E-state index contributed by atoms with van der Waals surface area (Å²) in [5, 5.41) is 11.2. The van der Waals surface area contributed by atoms with Crippen LogP contribution in [0.4, 0.5) is 0 Å². The standard InChI is InChI=1S/C17H26N6OS/c1-12-7-13(2)9-14(8-12)23-16(25)22(19-20-23)11-21(6)10-15(24)18-17(3,4)5/h7-9H,10-11H2,1-6H3,(H,18,24). The van der Waals surface area contributed by atoms with E-state index in [1.165, 1.54) is 0 Å². The van der Waals surface area contributed by atoms with Gasteiger partial charge in [0.25, 0.3) is 0 Å². The Morgan fingerprint density at radius 2 is 1.80 bits per heavy atom. The minimum absolute atomic E-state index is 0.0387. The lowest BCUT2D eigenvalue weighted by atomic mass is 10.1. The second-order valence-corrected chi connectivity index (χ2v) is 7.84. The Morgan fingerprint density at radius 3 is 2.36 bits per heavy atom. The number of aromatic nitrogens is 4. The summed E-state index contributed by atoms with van der Waals surface area (Å²) in [5.74, 6) is -0.0387. The van der Waals surface area contributed by atoms with E-state index in [0.717, 1.165) is 16.8 Å². The molecule has 0 atom stereocenters. The molecule has 0 aliphatic rings. The Hall–Kier alpha value is -2.06. The molecule has 1 N–H and O–H groups in total. The predicted molar refractivity (Wildman–Crippen MR) is 100 cm³/mol. The number of tetrazole rings is 1. The van der Waals surface area contributed by atoms with Crippen LogP contribution in [-0.2, 0) is 11.5 Å². The van der Waals surface area contributed by atoms with E-state index in [2.05, 4.69) is 21.8 Å². The lowest BCUT2D eigenvalue weighted by Crippen LogP contribution is -2.45. The van der Waals surface area contributed by atoms with Crippen LogP contribution in [0.5, 0.6) is 0 Å². The zero-order valence-electron chi connectivity index (χ0n) is 15.7. The van der Waals surface area contributed by atoms with E-state index in [-0.39, 0.29) is 18.0 Å². The number of nitrogens with one attached hydrogen (secondary N) is 1. The first-order chi connectivity index (χ1) is 11.5. The predicted octanol–water partition coefficient (Wildman–Crippen LogP) is 2.22. The molecule has 0 radical (unpaired) electrons. The summed E-state index contributed by atoms with van der Waals surface area (Å²) in [7, 11) is 1.85. The van der Waals surface area contributed by atoms with Crippen LogP contribution < -0.4 is 5.32 Å². The molecule has 0 bridgehead atoms. The molecular weight excluding hydrogens is 336 g/mol. The molecule has 25 heavy (non-hydrogen) atoms. The van der Waals surface area contributed by atoms with Crippen LogP contribution in [0.3, 0.4) is 0 Å². The molecule has 7 nitrogen and oxygen atoms in total. The third-order valence-corrected chi connectivity index (χ3v) is 3.78. The van der Waals surface area contributed by atoms with Gasteiger partial charge in [0.05, 0.1) is 18.9 Å². The monoisotopic (exact) mass is 362 g/mol. The molecule has 1 heterocycles. The fourth-order valence-corrected chi connectivity index (χ4v) is 2.82. The molecule has 2 aromatic rings. The second-order valence-electron chi connectivity index (χ2n) is 7.47. The number of carbonyl (C=O) groups is 1. The lowest BCUT2D eigenvalue weighted by Gasteiger charge is -2.23. The highest BCUT2D eigenvalue weighted by atomic mass is 32.1. The summed E-state index contributed by atoms with van der Waals surface area (Å²) >= 11 is 5.49. The molecule has 0 spiro atoms. The van der Waals surface area contributed by atoms with Gasteiger partial charge in [0.15, 0.2) is 0 Å². The maximum Gasteiger partial charge on any atom is 0.234 e. The van der Waals surface area contributed by atoms with Crippen LogP contribution >= 0.6 is 12.2 Å². The maximum atomic E-state index is 12.0. The number of benzene rings is 1. The van der Waals surface area contributed by atoms with E-state index in [4.69, 9.17) is 12.2 Å². The molecule has 0 saturated carbocycles. The molecule has 136 valence electrons. The van der Waals surface area contributed by atoms with Crippen LogP contribution in [0.2, 0.25) is 0 Å². The van der Waals surface area contributed by atoms with Crippen LogP contribution in [-0.4, -0.2) is 49.7 Å². The maximum absolute atomic E-state index is 12.0. The first kappa shape index (κ1) is 19.3. The highest BCUT2D eigenvalue weighted by Gasteiger charge is 2.16. The van der Waals surface area contributed by atoms with E-state index in [1.54, 1.807) is 9.36 Å². The number of aryl methyl sites for hydroxylation is 2. The van der Waals surface area contributed by atoms with Crippen molar-refractivity contribution in [1.82, 2.24) is 30.0 Å². The molecular formula is C17H26N6OS. The number of rotatable bonds is 5. The van der Waals surface area contributed by atoms with Gasteiger partial charge in [-0.05, 0) is 87.6 Å². The SMILES string of the molecule is Cc1cc(C)cc(-n2nnn(CN(C)CC(=O)NC(C)(C)C)c2=S)c1. The van der Waals surface area contributed by atoms with Crippen LogP contribution in [0, 0.1) is 18.6 Å². The van der Waals surface area contributed by atoms with Crippen LogP contribution in [0.1, 0.15) is 31.9 Å². The van der Waals surface area contributed by atoms with Gasteiger partial charge < -0.3 is 5.32 Å². The van der Waals surface area contributed by atoms with Gasteiger partial charge >= 0.3 is 0 Å². The third-order valence-electron chi connectivity index (χ3n) is 3.39. The Bertz CT molecular complexity index is 797. The van der Waals surface area contributed by atoms with Gasteiger partial charge in [-0.25, -0.2) is 4.68 Å². The highest BCUT2D eigenvalue weighted by molar-refractivity contribution is 7.71. The summed E-state index contributed by atoms with van der Waals surface area (Å²) in [6, 6.07) is 6.13. The van der Waals surface area contributed by atoms with E-state index in [1.807, 2.05) is 58.7 Å². The van der Waals surface area contributed by atoms with E-state index in [0.29, 0.717) is 11.4 Å². The van der Waals surface area contributed by atoms with Gasteiger partial charge in [0.1, 0.15) is 0 Å². The van der Waals surface area contributed by atoms with Crippen LogP contribution in [0.15, 0.2) is 18.2 Å². The molecule has 1 aromatic heterocycles. The third kappa shape index (κ3) is 5.47. The summed E-state index contributed by atoms with van der Waals surface area (Å²) in [6.45, 7) is 10.6. The van der Waals surface area contributed by atoms with Crippen molar-refractivity contribution >= 4 is 18.1 Å². The number of hydrogen-bond donors (Lipinski definition) is 1. The molecule has 1 amide bonds. The van der Waals surface area contributed by atoms with Crippen molar-refractivity contribution in [3.63, 3.8) is 0 Å². The summed E-state index contributed by atoms with van der Waals surface area (Å²) in [4.78, 5) is 13.9. The molecule has 0 saturated heterocycles. The molecule has 0 unspecified atom stereocenters. The zero-order chi connectivity index (χ0) is 18.8. The normalized spacial score (nSPS) is 11.8. The lowest BCUT2D eigenvalue weighted by molar-refractivity contribution is -0.123. The molecule has 2 rings (SSSR count). The summed E-state index contributed by atoms with van der Waals surface area (Å²) < 4.78 is 3.74. The van der Waals surface area contributed by atoms with Crippen molar-refractivity contribution in [3.05, 3.63) is 34.1 Å². The van der Waals surface area contributed by atoms with Gasteiger partial charge in [0.2, 0.25) is 10.7 Å². The largest absolute Gasteiger partial charge is 0.350 e. The quantitative estimate of drug-likeness (QED) is 0.826. The number of hydrogen-bond acceptors (Lipinski definition) is 5. The van der Waals surface area contributed by atoms with Crippen LogP contribution in [0.25, 0.3) is 5.69 Å². The van der Waals surface area contributed by atoms with Gasteiger partial charge in [-0.1, -0.05) is 6.07 Å². The van der Waals surface area contributed by atoms with E-state index < -0.39 is 0 Å². The molecule has 8 heteroatoms. The Kier molecular flexibility index (Phi) is 5.74. The topological polar surface area (TPSA) is 68.0 Å². The average Bonchev–Trinajstić information content (AvgIpc) is 2.76. The first-order valence-corrected chi connectivity index (χ1v) is 8.57. The first-order valence-electron chi connectivity index (χ1n) is 8.16. The summed E-state index contributed by atoms with van der Waals surface area (Å²) in [6.07, 6.45) is 0. The molecule has 1 aromatic carbocycles. The van der Waals surface area contributed by atoms with Crippen molar-refractivity contribution in [2.75, 3.05) is 13.6 Å². The van der Waals surface area contributed by atoms with Gasteiger partial charge in [-0.2, -0.15) is 4.68 Å². The van der Waals surface area contributed by atoms with Crippen molar-refractivity contribution in [2.45, 2.75) is 46.8 Å². The number of likely N-dealkylation sites (N-methyl/N-ethyl adjacent to an activating group) is 1. The van der Waals surface area contributed by atoms with Gasteiger partial charge in [-0.15, -0.1) is 0 Å². The number of amides is 1. The summed E-state index contributed by atoms with van der Waals surface area (Å²) in [5.41, 5.74) is 2.92. The van der Waals surface area contributed by atoms with Crippen molar-refractivity contribution < 1.29 is 4.79 Å². The number of carbonyl (C=O) groups excluding carboxylic acids is 1. The zero-order valence-corrected chi connectivity index (χ0v) is 16.5. The Labute approximate surface area is 153 Å². The van der Waals surface area contributed by atoms with Crippen molar-refractivity contribution in [3.8, 4) is 5.69 Å². The fourth-order valence-electron chi connectivity index (χ4n) is 2.58. The van der Waals surface area contributed by atoms with E-state index in [9.17, 15) is 4.79 Å². The van der Waals surface area contributed by atoms with Crippen molar-refractivity contribution in [2.24, 2.45) is 0 Å². The highest BCUT2D eigenvalue weighted by Crippen LogP contribution is 2.13. The Balaban J connectivity index is 2.11. The molecule has 0 aliphatic carbocycles. The molecule has 0 aliphatic heterocycles.